The Morgan fingerprint density at radius 2 is 2.05 bits per heavy atom. The maximum absolute atomic E-state index is 12.8. The van der Waals surface area contributed by atoms with Gasteiger partial charge in [0.25, 0.3) is 0 Å². The molecule has 0 spiro atoms. The van der Waals surface area contributed by atoms with Crippen LogP contribution < -0.4 is 0 Å². The lowest BCUT2D eigenvalue weighted by atomic mass is 10.1. The van der Waals surface area contributed by atoms with Gasteiger partial charge >= 0.3 is 0 Å². The Morgan fingerprint density at radius 1 is 1.24 bits per heavy atom. The standard InChI is InChI=1S/C16H23NO3S/c1-2-20-15-7-4-10-17(12-15)21(18,19)16-9-8-13-5-3-6-14(13)11-16/h8-9,11,15H,2-7,10,12H2,1H3/t15-/m0/s1. The molecule has 3 rings (SSSR count). The summed E-state index contributed by atoms with van der Waals surface area (Å²) < 4.78 is 32.8. The van der Waals surface area contributed by atoms with E-state index in [1.54, 1.807) is 10.4 Å². The first kappa shape index (κ1) is 15.0. The first-order chi connectivity index (χ1) is 10.1. The topological polar surface area (TPSA) is 46.6 Å². The summed E-state index contributed by atoms with van der Waals surface area (Å²) in [5, 5.41) is 0. The second-order valence-electron chi connectivity index (χ2n) is 5.87. The van der Waals surface area contributed by atoms with Gasteiger partial charge in [0.1, 0.15) is 0 Å². The summed E-state index contributed by atoms with van der Waals surface area (Å²) in [5.41, 5.74) is 2.51. The van der Waals surface area contributed by atoms with E-state index < -0.39 is 10.0 Å². The summed E-state index contributed by atoms with van der Waals surface area (Å²) in [5.74, 6) is 0. The molecule has 0 N–H and O–H groups in total. The summed E-state index contributed by atoms with van der Waals surface area (Å²) in [4.78, 5) is 0.445. The highest BCUT2D eigenvalue weighted by molar-refractivity contribution is 7.89. The van der Waals surface area contributed by atoms with Gasteiger partial charge in [-0.05, 0) is 62.3 Å². The van der Waals surface area contributed by atoms with Crippen LogP contribution in [0, 0.1) is 0 Å². The Bertz CT molecular complexity index is 610. The molecule has 1 aromatic rings. The van der Waals surface area contributed by atoms with Gasteiger partial charge in [0, 0.05) is 19.7 Å². The van der Waals surface area contributed by atoms with Crippen LogP contribution in [0.5, 0.6) is 0 Å². The SMILES string of the molecule is CCO[C@H]1CCCN(S(=O)(=O)c2ccc3c(c2)CCC3)C1. The number of aryl methyl sites for hydroxylation is 2. The van der Waals surface area contributed by atoms with Crippen LogP contribution in [0.4, 0.5) is 0 Å². The van der Waals surface area contributed by atoms with E-state index in [2.05, 4.69) is 0 Å². The number of benzene rings is 1. The van der Waals surface area contributed by atoms with Crippen LogP contribution in [-0.4, -0.2) is 38.5 Å². The molecular weight excluding hydrogens is 286 g/mol. The average molecular weight is 309 g/mol. The number of piperidine rings is 1. The van der Waals surface area contributed by atoms with Crippen molar-refractivity contribution in [3.63, 3.8) is 0 Å². The molecule has 0 radical (unpaired) electrons. The molecule has 1 aliphatic heterocycles. The minimum Gasteiger partial charge on any atom is -0.377 e. The molecule has 4 nitrogen and oxygen atoms in total. The fraction of sp³-hybridized carbons (Fsp3) is 0.625. The van der Waals surface area contributed by atoms with Crippen molar-refractivity contribution in [1.82, 2.24) is 4.31 Å². The van der Waals surface area contributed by atoms with Gasteiger partial charge in [-0.2, -0.15) is 4.31 Å². The van der Waals surface area contributed by atoms with E-state index in [1.807, 2.05) is 19.1 Å². The van der Waals surface area contributed by atoms with E-state index >= 15 is 0 Å². The fourth-order valence-corrected chi connectivity index (χ4v) is 4.91. The van der Waals surface area contributed by atoms with Crippen molar-refractivity contribution in [3.8, 4) is 0 Å². The summed E-state index contributed by atoms with van der Waals surface area (Å²) >= 11 is 0. The molecule has 0 bridgehead atoms. The predicted molar refractivity (Wildman–Crippen MR) is 81.9 cm³/mol. The number of rotatable bonds is 4. The minimum atomic E-state index is -3.38. The maximum atomic E-state index is 12.8. The molecule has 116 valence electrons. The smallest absolute Gasteiger partial charge is 0.243 e. The molecule has 5 heteroatoms. The molecule has 1 aromatic carbocycles. The van der Waals surface area contributed by atoms with Crippen LogP contribution in [0.1, 0.15) is 37.3 Å². The average Bonchev–Trinajstić information content (AvgIpc) is 2.95. The van der Waals surface area contributed by atoms with Gasteiger partial charge in [-0.3, -0.25) is 0 Å². The molecule has 21 heavy (non-hydrogen) atoms. The largest absolute Gasteiger partial charge is 0.377 e. The highest BCUT2D eigenvalue weighted by atomic mass is 32.2. The number of sulfonamides is 1. The number of hydrogen-bond acceptors (Lipinski definition) is 3. The minimum absolute atomic E-state index is 0.0351. The molecular formula is C16H23NO3S. The van der Waals surface area contributed by atoms with E-state index in [4.69, 9.17) is 4.74 Å². The lowest BCUT2D eigenvalue weighted by Gasteiger charge is -2.31. The van der Waals surface area contributed by atoms with Crippen molar-refractivity contribution in [2.75, 3.05) is 19.7 Å². The Morgan fingerprint density at radius 3 is 2.86 bits per heavy atom. The molecule has 0 aromatic heterocycles. The van der Waals surface area contributed by atoms with Gasteiger partial charge in [-0.15, -0.1) is 0 Å². The zero-order valence-electron chi connectivity index (χ0n) is 12.5. The lowest BCUT2D eigenvalue weighted by Crippen LogP contribution is -2.43. The van der Waals surface area contributed by atoms with Crippen molar-refractivity contribution >= 4 is 10.0 Å². The number of hydrogen-bond donors (Lipinski definition) is 0. The third-order valence-corrected chi connectivity index (χ3v) is 6.31. The molecule has 1 fully saturated rings. The Labute approximate surface area is 127 Å². The lowest BCUT2D eigenvalue weighted by molar-refractivity contribution is 0.0265. The molecule has 1 saturated heterocycles. The maximum Gasteiger partial charge on any atom is 0.243 e. The summed E-state index contributed by atoms with van der Waals surface area (Å²) in [7, 11) is -3.38. The fourth-order valence-electron chi connectivity index (χ4n) is 3.35. The second kappa shape index (κ2) is 6.07. The molecule has 1 atom stereocenters. The highest BCUT2D eigenvalue weighted by Crippen LogP contribution is 2.27. The summed E-state index contributed by atoms with van der Waals surface area (Å²) in [6.07, 6.45) is 5.06. The van der Waals surface area contributed by atoms with Gasteiger partial charge in [-0.1, -0.05) is 6.07 Å². The van der Waals surface area contributed by atoms with Crippen molar-refractivity contribution in [1.29, 1.82) is 0 Å². The van der Waals surface area contributed by atoms with E-state index in [0.29, 0.717) is 24.6 Å². The zero-order chi connectivity index (χ0) is 14.9. The number of fused-ring (bicyclic) bond motifs is 1. The molecule has 0 amide bonds. The highest BCUT2D eigenvalue weighted by Gasteiger charge is 2.31. The zero-order valence-corrected chi connectivity index (χ0v) is 13.4. The normalized spacial score (nSPS) is 23.2. The van der Waals surface area contributed by atoms with Gasteiger partial charge in [0.2, 0.25) is 10.0 Å². The van der Waals surface area contributed by atoms with E-state index in [-0.39, 0.29) is 6.10 Å². The van der Waals surface area contributed by atoms with Gasteiger partial charge in [0.15, 0.2) is 0 Å². The van der Waals surface area contributed by atoms with Crippen molar-refractivity contribution in [2.24, 2.45) is 0 Å². The van der Waals surface area contributed by atoms with E-state index in [1.165, 1.54) is 11.1 Å². The van der Waals surface area contributed by atoms with Crippen LogP contribution >= 0.6 is 0 Å². The van der Waals surface area contributed by atoms with Crippen LogP contribution in [0.25, 0.3) is 0 Å². The van der Waals surface area contributed by atoms with Crippen LogP contribution in [-0.2, 0) is 27.6 Å². The summed E-state index contributed by atoms with van der Waals surface area (Å²) in [6.45, 7) is 3.67. The molecule has 1 aliphatic carbocycles. The Kier molecular flexibility index (Phi) is 4.33. The monoisotopic (exact) mass is 309 g/mol. The van der Waals surface area contributed by atoms with Crippen molar-refractivity contribution < 1.29 is 13.2 Å². The Balaban J connectivity index is 1.83. The van der Waals surface area contributed by atoms with E-state index in [0.717, 1.165) is 32.1 Å². The van der Waals surface area contributed by atoms with Crippen LogP contribution in [0.2, 0.25) is 0 Å². The third kappa shape index (κ3) is 3.00. The van der Waals surface area contributed by atoms with Crippen molar-refractivity contribution in [3.05, 3.63) is 29.3 Å². The van der Waals surface area contributed by atoms with Gasteiger partial charge < -0.3 is 4.74 Å². The molecule has 0 unspecified atom stereocenters. The van der Waals surface area contributed by atoms with Crippen LogP contribution in [0.15, 0.2) is 23.1 Å². The number of nitrogens with zero attached hydrogens (tertiary/aromatic N) is 1. The van der Waals surface area contributed by atoms with Crippen LogP contribution in [0.3, 0.4) is 0 Å². The van der Waals surface area contributed by atoms with Gasteiger partial charge in [-0.25, -0.2) is 8.42 Å². The first-order valence-corrected chi connectivity index (χ1v) is 9.29. The first-order valence-electron chi connectivity index (χ1n) is 7.85. The molecule has 2 aliphatic rings. The predicted octanol–water partition coefficient (Wildman–Crippen LogP) is 2.36. The number of ether oxygens (including phenoxy) is 1. The molecule has 0 saturated carbocycles. The Hall–Kier alpha value is -0.910. The quantitative estimate of drug-likeness (QED) is 0.858. The third-order valence-electron chi connectivity index (χ3n) is 4.45. The van der Waals surface area contributed by atoms with Gasteiger partial charge in [0.05, 0.1) is 11.0 Å². The molecule has 1 heterocycles. The van der Waals surface area contributed by atoms with Crippen molar-refractivity contribution in [2.45, 2.75) is 50.0 Å². The summed E-state index contributed by atoms with van der Waals surface area (Å²) in [6, 6.07) is 5.63. The van der Waals surface area contributed by atoms with E-state index in [9.17, 15) is 8.42 Å². The second-order valence-corrected chi connectivity index (χ2v) is 7.80.